The van der Waals surface area contributed by atoms with Crippen LogP contribution in [-0.4, -0.2) is 28.1 Å². The number of methoxy groups -OCH3 is 1. The van der Waals surface area contributed by atoms with E-state index in [1.54, 1.807) is 0 Å². The van der Waals surface area contributed by atoms with Crippen molar-refractivity contribution < 1.29 is 13.9 Å². The highest BCUT2D eigenvalue weighted by Gasteiger charge is 2.58. The minimum atomic E-state index is -1.78. The van der Waals surface area contributed by atoms with E-state index in [1.165, 1.54) is 24.0 Å². The van der Waals surface area contributed by atoms with Crippen LogP contribution in [0.15, 0.2) is 24.3 Å². The Morgan fingerprint density at radius 1 is 1.17 bits per heavy atom. The smallest absolute Gasteiger partial charge is 0.192 e. The highest BCUT2D eigenvalue weighted by atomic mass is 28.4. The maximum atomic E-state index is 6.50. The fourth-order valence-electron chi connectivity index (χ4n) is 3.37. The van der Waals surface area contributed by atoms with Gasteiger partial charge in [-0.25, -0.2) is 0 Å². The molecule has 0 aromatic heterocycles. The van der Waals surface area contributed by atoms with Crippen molar-refractivity contribution in [1.29, 1.82) is 0 Å². The molecule has 0 bridgehead atoms. The molecule has 1 aromatic carbocycles. The summed E-state index contributed by atoms with van der Waals surface area (Å²) in [5.41, 5.74) is 2.25. The van der Waals surface area contributed by atoms with Crippen molar-refractivity contribution in [2.45, 2.75) is 70.1 Å². The second-order valence-electron chi connectivity index (χ2n) is 8.80. The van der Waals surface area contributed by atoms with Crippen molar-refractivity contribution in [1.82, 2.24) is 0 Å². The highest BCUT2D eigenvalue weighted by molar-refractivity contribution is 6.74. The van der Waals surface area contributed by atoms with Gasteiger partial charge in [-0.2, -0.15) is 0 Å². The summed E-state index contributed by atoms with van der Waals surface area (Å²) in [6.07, 6.45) is 2.65. The number of rotatable bonds is 7. The lowest BCUT2D eigenvalue weighted by molar-refractivity contribution is -0.0573. The lowest BCUT2D eigenvalue weighted by atomic mass is 9.82. The van der Waals surface area contributed by atoms with Gasteiger partial charge in [-0.05, 0) is 48.0 Å². The first kappa shape index (κ1) is 18.1. The third-order valence-electron chi connectivity index (χ3n) is 6.17. The summed E-state index contributed by atoms with van der Waals surface area (Å²) in [7, 11) is 0.0637. The molecule has 2 fully saturated rings. The molecule has 0 radical (unpaired) electrons. The summed E-state index contributed by atoms with van der Waals surface area (Å²) in [5.74, 6) is 0.573. The average molecular weight is 349 g/mol. The first-order chi connectivity index (χ1) is 11.2. The molecule has 1 aromatic rings. The zero-order valence-corrected chi connectivity index (χ0v) is 17.0. The van der Waals surface area contributed by atoms with E-state index in [-0.39, 0.29) is 16.7 Å². The Morgan fingerprint density at radius 2 is 1.79 bits per heavy atom. The zero-order valence-electron chi connectivity index (χ0n) is 16.0. The third kappa shape index (κ3) is 3.21. The second-order valence-corrected chi connectivity index (χ2v) is 13.6. The van der Waals surface area contributed by atoms with Gasteiger partial charge in [0.25, 0.3) is 0 Å². The van der Waals surface area contributed by atoms with Gasteiger partial charge in [0, 0.05) is 7.11 Å². The van der Waals surface area contributed by atoms with Crippen LogP contribution >= 0.6 is 0 Å². The number of benzene rings is 1. The van der Waals surface area contributed by atoms with Gasteiger partial charge in [-0.3, -0.25) is 0 Å². The van der Waals surface area contributed by atoms with Crippen LogP contribution in [0.1, 0.15) is 44.7 Å². The van der Waals surface area contributed by atoms with Gasteiger partial charge in [0.2, 0.25) is 0 Å². The Morgan fingerprint density at radius 3 is 2.29 bits per heavy atom. The SMILES string of the molecule is CO[C@@](c1ccccc1CO[Si](C)(C)C(C)(C)C)(C1CC1)C1CO1. The molecule has 1 saturated heterocycles. The van der Waals surface area contributed by atoms with Gasteiger partial charge in [-0.15, -0.1) is 0 Å². The minimum absolute atomic E-state index is 0.198. The van der Waals surface area contributed by atoms with Crippen molar-refractivity contribution in [2.24, 2.45) is 5.92 Å². The Bertz CT molecular complexity index is 571. The average Bonchev–Trinajstić information content (AvgIpc) is 3.38. The molecule has 1 heterocycles. The van der Waals surface area contributed by atoms with Gasteiger partial charge in [-0.1, -0.05) is 45.0 Å². The number of ether oxygens (including phenoxy) is 2. The molecule has 1 aliphatic carbocycles. The van der Waals surface area contributed by atoms with Crippen molar-refractivity contribution in [3.05, 3.63) is 35.4 Å². The Hall–Kier alpha value is -0.683. The predicted octanol–water partition coefficient (Wildman–Crippen LogP) is 4.86. The van der Waals surface area contributed by atoms with Crippen LogP contribution in [0, 0.1) is 5.92 Å². The van der Waals surface area contributed by atoms with E-state index in [4.69, 9.17) is 13.9 Å². The topological polar surface area (TPSA) is 31.0 Å². The van der Waals surface area contributed by atoms with E-state index in [9.17, 15) is 0 Å². The molecular weight excluding hydrogens is 316 g/mol. The van der Waals surface area contributed by atoms with Crippen molar-refractivity contribution >= 4 is 8.32 Å². The molecule has 0 amide bonds. The maximum Gasteiger partial charge on any atom is 0.192 e. The second kappa shape index (κ2) is 6.24. The monoisotopic (exact) mass is 348 g/mol. The molecule has 24 heavy (non-hydrogen) atoms. The lowest BCUT2D eigenvalue weighted by Crippen LogP contribution is -2.41. The van der Waals surface area contributed by atoms with E-state index in [0.717, 1.165) is 6.61 Å². The fourth-order valence-corrected chi connectivity index (χ4v) is 4.32. The molecule has 1 aliphatic heterocycles. The van der Waals surface area contributed by atoms with Gasteiger partial charge in [0.05, 0.1) is 13.2 Å². The summed E-state index contributed by atoms with van der Waals surface area (Å²) < 4.78 is 18.4. The molecule has 4 heteroatoms. The lowest BCUT2D eigenvalue weighted by Gasteiger charge is -2.38. The van der Waals surface area contributed by atoms with Crippen LogP contribution in [0.4, 0.5) is 0 Å². The van der Waals surface area contributed by atoms with E-state index >= 15 is 0 Å². The molecule has 134 valence electrons. The van der Waals surface area contributed by atoms with Crippen molar-refractivity contribution in [2.75, 3.05) is 13.7 Å². The van der Waals surface area contributed by atoms with Crippen LogP contribution in [0.2, 0.25) is 18.1 Å². The quantitative estimate of drug-likeness (QED) is 0.521. The molecule has 3 rings (SSSR count). The molecule has 2 aliphatic rings. The van der Waals surface area contributed by atoms with Gasteiger partial charge in [0.1, 0.15) is 11.7 Å². The summed E-state index contributed by atoms with van der Waals surface area (Å²) in [4.78, 5) is 0. The minimum Gasteiger partial charge on any atom is -0.413 e. The number of hydrogen-bond acceptors (Lipinski definition) is 3. The molecule has 1 unspecified atom stereocenters. The summed E-state index contributed by atoms with van der Waals surface area (Å²) in [6.45, 7) is 12.9. The standard InChI is InChI=1S/C20H32O3Si/c1-19(2,3)24(5,6)23-13-15-9-7-8-10-17(15)20(21-4,16-11-12-16)18-14-22-18/h7-10,16,18H,11-14H2,1-6H3/t18?,20-/m1/s1. The van der Waals surface area contributed by atoms with E-state index in [1.807, 2.05) is 7.11 Å². The Balaban J connectivity index is 1.88. The highest BCUT2D eigenvalue weighted by Crippen LogP contribution is 2.54. The normalized spacial score (nSPS) is 23.8. The predicted molar refractivity (Wildman–Crippen MR) is 99.6 cm³/mol. The molecule has 1 saturated carbocycles. The molecule has 0 N–H and O–H groups in total. The molecule has 2 atom stereocenters. The largest absolute Gasteiger partial charge is 0.413 e. The number of epoxide rings is 1. The molecular formula is C20H32O3Si. The summed E-state index contributed by atoms with van der Waals surface area (Å²) in [5, 5.41) is 0.219. The zero-order chi connectivity index (χ0) is 17.6. The number of hydrogen-bond donors (Lipinski definition) is 0. The summed E-state index contributed by atoms with van der Waals surface area (Å²) in [6, 6.07) is 8.63. The van der Waals surface area contributed by atoms with Crippen molar-refractivity contribution in [3.8, 4) is 0 Å². The van der Waals surface area contributed by atoms with Gasteiger partial charge in [0.15, 0.2) is 8.32 Å². The first-order valence-electron chi connectivity index (χ1n) is 9.11. The summed E-state index contributed by atoms with van der Waals surface area (Å²) >= 11 is 0. The van der Waals surface area contributed by atoms with Crippen LogP contribution in [0.5, 0.6) is 0 Å². The molecule has 0 spiro atoms. The first-order valence-corrected chi connectivity index (χ1v) is 12.0. The van der Waals surface area contributed by atoms with E-state index in [2.05, 4.69) is 58.1 Å². The third-order valence-corrected chi connectivity index (χ3v) is 10.6. The van der Waals surface area contributed by atoms with Crippen LogP contribution in [0.3, 0.4) is 0 Å². The van der Waals surface area contributed by atoms with Gasteiger partial charge >= 0.3 is 0 Å². The Kier molecular flexibility index (Phi) is 4.71. The Labute approximate surface area is 147 Å². The van der Waals surface area contributed by atoms with E-state index < -0.39 is 8.32 Å². The van der Waals surface area contributed by atoms with Crippen LogP contribution in [0.25, 0.3) is 0 Å². The van der Waals surface area contributed by atoms with E-state index in [0.29, 0.717) is 12.5 Å². The van der Waals surface area contributed by atoms with Crippen LogP contribution < -0.4 is 0 Å². The fraction of sp³-hybridized carbons (Fsp3) is 0.700. The van der Waals surface area contributed by atoms with Gasteiger partial charge < -0.3 is 13.9 Å². The van der Waals surface area contributed by atoms with Crippen molar-refractivity contribution in [3.63, 3.8) is 0 Å². The maximum absolute atomic E-state index is 6.50. The van der Waals surface area contributed by atoms with Crippen LogP contribution in [-0.2, 0) is 26.1 Å². The molecule has 3 nitrogen and oxygen atoms in total.